The summed E-state index contributed by atoms with van der Waals surface area (Å²) in [5.74, 6) is -1.11. The highest BCUT2D eigenvalue weighted by atomic mass is 79.9. The number of nitro benzene ring substituents is 1. The van der Waals surface area contributed by atoms with Gasteiger partial charge in [0.15, 0.2) is 5.75 Å². The Morgan fingerprint density at radius 3 is 2.50 bits per heavy atom. The molecule has 0 amide bonds. The highest BCUT2D eigenvalue weighted by Crippen LogP contribution is 2.40. The number of halogens is 1. The number of nitro groups is 1. The average Bonchev–Trinajstić information content (AvgIpc) is 3.04. The molecular weight excluding hydrogens is 406 g/mol. The van der Waals surface area contributed by atoms with E-state index in [4.69, 9.17) is 4.42 Å². The fraction of sp³-hybridized carbons (Fsp3) is 0.176. The van der Waals surface area contributed by atoms with Crippen molar-refractivity contribution >= 4 is 21.6 Å². The number of phenolic OH excluding ortho intramolecular Hbond substituents is 2. The normalized spacial score (nSPS) is 10.9. The van der Waals surface area contributed by atoms with Crippen LogP contribution >= 0.6 is 15.9 Å². The lowest BCUT2D eigenvalue weighted by Crippen LogP contribution is -1.97. The predicted octanol–water partition coefficient (Wildman–Crippen LogP) is 4.41. The minimum atomic E-state index is -0.792. The van der Waals surface area contributed by atoms with Crippen molar-refractivity contribution in [3.63, 3.8) is 0 Å². The molecule has 0 saturated carbocycles. The van der Waals surface area contributed by atoms with E-state index in [9.17, 15) is 20.3 Å². The third kappa shape index (κ3) is 2.90. The van der Waals surface area contributed by atoms with E-state index in [0.29, 0.717) is 10.2 Å². The summed E-state index contributed by atoms with van der Waals surface area (Å²) in [6.07, 6.45) is 1.33. The molecule has 26 heavy (non-hydrogen) atoms. The summed E-state index contributed by atoms with van der Waals surface area (Å²) < 4.78 is 6.11. The molecule has 0 fully saturated rings. The van der Waals surface area contributed by atoms with Crippen molar-refractivity contribution in [2.45, 2.75) is 20.8 Å². The summed E-state index contributed by atoms with van der Waals surface area (Å²) in [6.45, 7) is 5.76. The zero-order valence-corrected chi connectivity index (χ0v) is 15.7. The van der Waals surface area contributed by atoms with Crippen LogP contribution in [0, 0.1) is 30.9 Å². The number of benzene rings is 1. The van der Waals surface area contributed by atoms with Crippen molar-refractivity contribution in [2.75, 3.05) is 0 Å². The van der Waals surface area contributed by atoms with E-state index < -0.39 is 22.1 Å². The van der Waals surface area contributed by atoms with E-state index in [1.807, 2.05) is 20.8 Å². The second kappa shape index (κ2) is 6.41. The third-order valence-electron chi connectivity index (χ3n) is 4.23. The van der Waals surface area contributed by atoms with Gasteiger partial charge >= 0.3 is 5.69 Å². The Morgan fingerprint density at radius 2 is 1.85 bits per heavy atom. The van der Waals surface area contributed by atoms with Gasteiger partial charge < -0.3 is 14.6 Å². The fourth-order valence-corrected chi connectivity index (χ4v) is 3.29. The molecule has 0 spiro atoms. The quantitative estimate of drug-likeness (QED) is 0.278. The van der Waals surface area contributed by atoms with Gasteiger partial charge in [-0.2, -0.15) is 0 Å². The minimum Gasteiger partial charge on any atom is -0.504 e. The highest BCUT2D eigenvalue weighted by Gasteiger charge is 2.22. The predicted molar refractivity (Wildman–Crippen MR) is 97.1 cm³/mol. The van der Waals surface area contributed by atoms with Crippen LogP contribution in [0.5, 0.6) is 11.5 Å². The first-order chi connectivity index (χ1) is 12.2. The molecule has 1 aromatic carbocycles. The number of oxazole rings is 1. The van der Waals surface area contributed by atoms with Crippen molar-refractivity contribution < 1.29 is 19.6 Å². The molecular formula is C17H14BrN3O5. The summed E-state index contributed by atoms with van der Waals surface area (Å²) in [6, 6.07) is 2.31. The molecule has 8 nitrogen and oxygen atoms in total. The van der Waals surface area contributed by atoms with Crippen molar-refractivity contribution in [1.82, 2.24) is 9.97 Å². The van der Waals surface area contributed by atoms with Gasteiger partial charge in [0.2, 0.25) is 11.6 Å². The lowest BCUT2D eigenvalue weighted by atomic mass is 10.0. The van der Waals surface area contributed by atoms with Gasteiger partial charge in [0, 0.05) is 17.3 Å². The first-order valence-corrected chi connectivity index (χ1v) is 8.30. The van der Waals surface area contributed by atoms with Crippen LogP contribution in [0.2, 0.25) is 0 Å². The van der Waals surface area contributed by atoms with Crippen molar-refractivity contribution in [1.29, 1.82) is 0 Å². The minimum absolute atomic E-state index is 0.243. The highest BCUT2D eigenvalue weighted by molar-refractivity contribution is 9.10. The number of phenols is 2. The molecule has 2 heterocycles. The second-order valence-electron chi connectivity index (χ2n) is 5.77. The maximum atomic E-state index is 11.0. The van der Waals surface area contributed by atoms with Crippen LogP contribution in [0.4, 0.5) is 5.69 Å². The van der Waals surface area contributed by atoms with E-state index in [1.54, 1.807) is 0 Å². The van der Waals surface area contributed by atoms with Gasteiger partial charge in [-0.1, -0.05) is 0 Å². The van der Waals surface area contributed by atoms with E-state index in [-0.39, 0.29) is 17.1 Å². The van der Waals surface area contributed by atoms with Gasteiger partial charge in [0.05, 0.1) is 10.5 Å². The van der Waals surface area contributed by atoms with Gasteiger partial charge in [-0.3, -0.25) is 10.1 Å². The van der Waals surface area contributed by atoms with Crippen molar-refractivity contribution in [2.24, 2.45) is 0 Å². The molecule has 3 rings (SSSR count). The Kier molecular flexibility index (Phi) is 4.41. The molecule has 3 aromatic rings. The molecule has 0 atom stereocenters. The number of nitrogens with zero attached hydrogens (tertiary/aromatic N) is 3. The van der Waals surface area contributed by atoms with Crippen LogP contribution in [-0.2, 0) is 0 Å². The Balaban J connectivity index is 2.13. The van der Waals surface area contributed by atoms with Gasteiger partial charge in [0.1, 0.15) is 16.6 Å². The van der Waals surface area contributed by atoms with E-state index in [1.165, 1.54) is 12.3 Å². The SMILES string of the molecule is Cc1nc(Br)c(-c2nc(-c3cc(O)c(O)c([N+](=O)[O-])c3)co2)c(C)c1C. The maximum Gasteiger partial charge on any atom is 0.315 e. The third-order valence-corrected chi connectivity index (χ3v) is 4.81. The lowest BCUT2D eigenvalue weighted by Gasteiger charge is -2.10. The Bertz CT molecular complexity index is 1050. The second-order valence-corrected chi connectivity index (χ2v) is 6.52. The van der Waals surface area contributed by atoms with Crippen LogP contribution in [0.3, 0.4) is 0 Å². The van der Waals surface area contributed by atoms with Gasteiger partial charge in [0.25, 0.3) is 0 Å². The Labute approximate surface area is 156 Å². The number of aryl methyl sites for hydroxylation is 1. The smallest absolute Gasteiger partial charge is 0.315 e. The van der Waals surface area contributed by atoms with Gasteiger partial charge in [-0.05, 0) is 53.9 Å². The molecule has 0 aliphatic carbocycles. The number of rotatable bonds is 3. The van der Waals surface area contributed by atoms with E-state index in [2.05, 4.69) is 25.9 Å². The van der Waals surface area contributed by atoms with Gasteiger partial charge in [-0.15, -0.1) is 0 Å². The lowest BCUT2D eigenvalue weighted by molar-refractivity contribution is -0.385. The monoisotopic (exact) mass is 419 g/mol. The molecule has 0 radical (unpaired) electrons. The van der Waals surface area contributed by atoms with E-state index >= 15 is 0 Å². The standard InChI is InChI=1S/C17H14BrN3O5/c1-7-8(2)14(16(18)19-9(7)3)17-20-11(6-26-17)10-4-12(21(24)25)15(23)13(22)5-10/h4-6,22-23H,1-3H3. The molecule has 0 bridgehead atoms. The molecule has 2 aromatic heterocycles. The number of pyridine rings is 1. The van der Waals surface area contributed by atoms with Crippen LogP contribution < -0.4 is 0 Å². The van der Waals surface area contributed by atoms with Crippen LogP contribution in [-0.4, -0.2) is 25.1 Å². The van der Waals surface area contributed by atoms with E-state index in [0.717, 1.165) is 22.9 Å². The first-order valence-electron chi connectivity index (χ1n) is 7.50. The molecule has 0 aliphatic rings. The molecule has 0 unspecified atom stereocenters. The van der Waals surface area contributed by atoms with Crippen LogP contribution in [0.15, 0.2) is 27.4 Å². The number of hydrogen-bond acceptors (Lipinski definition) is 7. The first kappa shape index (κ1) is 17.9. The van der Waals surface area contributed by atoms with Crippen LogP contribution in [0.1, 0.15) is 16.8 Å². The number of aromatic hydroxyl groups is 2. The summed E-state index contributed by atoms with van der Waals surface area (Å²) in [7, 11) is 0. The Morgan fingerprint density at radius 1 is 1.15 bits per heavy atom. The Hall–Kier alpha value is -2.94. The van der Waals surface area contributed by atoms with Gasteiger partial charge in [-0.25, -0.2) is 9.97 Å². The molecule has 134 valence electrons. The molecule has 9 heteroatoms. The summed E-state index contributed by atoms with van der Waals surface area (Å²) in [5.41, 5.74) is 3.41. The summed E-state index contributed by atoms with van der Waals surface area (Å²) >= 11 is 3.41. The van der Waals surface area contributed by atoms with Crippen molar-refractivity contribution in [3.05, 3.63) is 49.9 Å². The molecule has 0 aliphatic heterocycles. The molecule has 0 saturated heterocycles. The fourth-order valence-electron chi connectivity index (χ4n) is 2.56. The number of aromatic nitrogens is 2. The number of hydrogen-bond donors (Lipinski definition) is 2. The molecule has 2 N–H and O–H groups in total. The zero-order valence-electron chi connectivity index (χ0n) is 14.1. The topological polar surface area (TPSA) is 123 Å². The largest absolute Gasteiger partial charge is 0.504 e. The summed E-state index contributed by atoms with van der Waals surface area (Å²) in [4.78, 5) is 19.0. The maximum absolute atomic E-state index is 11.0. The average molecular weight is 420 g/mol. The zero-order chi connectivity index (χ0) is 19.2. The van der Waals surface area contributed by atoms with Crippen molar-refractivity contribution in [3.8, 4) is 34.2 Å². The van der Waals surface area contributed by atoms with Crippen LogP contribution in [0.25, 0.3) is 22.7 Å². The summed E-state index contributed by atoms with van der Waals surface area (Å²) in [5, 5.41) is 30.4.